The van der Waals surface area contributed by atoms with Crippen LogP contribution in [0.3, 0.4) is 0 Å². The summed E-state index contributed by atoms with van der Waals surface area (Å²) < 4.78 is 6.60. The van der Waals surface area contributed by atoms with Crippen molar-refractivity contribution in [2.75, 3.05) is 13.2 Å². The summed E-state index contributed by atoms with van der Waals surface area (Å²) in [6.45, 7) is 5.14. The van der Waals surface area contributed by atoms with Gasteiger partial charge in [0.15, 0.2) is 5.88 Å². The Morgan fingerprint density at radius 2 is 2.57 bits per heavy atom. The third-order valence-electron chi connectivity index (χ3n) is 0.860. The van der Waals surface area contributed by atoms with Crippen LogP contribution in [0.4, 0.5) is 0 Å². The SMILES string of the molecule is C=C1OCCN1S. The Kier molecular flexibility index (Phi) is 1.15. The van der Waals surface area contributed by atoms with Gasteiger partial charge in [-0.15, -0.1) is 0 Å². The van der Waals surface area contributed by atoms with Gasteiger partial charge in [0.2, 0.25) is 0 Å². The zero-order valence-corrected chi connectivity index (χ0v) is 4.82. The molecule has 1 aliphatic rings. The van der Waals surface area contributed by atoms with Crippen molar-refractivity contribution >= 4 is 12.8 Å². The summed E-state index contributed by atoms with van der Waals surface area (Å²) in [7, 11) is 0. The maximum atomic E-state index is 4.92. The molecule has 0 aromatic carbocycles. The van der Waals surface area contributed by atoms with Crippen LogP contribution < -0.4 is 0 Å². The van der Waals surface area contributed by atoms with Gasteiger partial charge in [-0.25, -0.2) is 0 Å². The zero-order valence-electron chi connectivity index (χ0n) is 3.92. The van der Waals surface area contributed by atoms with Crippen molar-refractivity contribution in [2.24, 2.45) is 0 Å². The summed E-state index contributed by atoms with van der Waals surface area (Å²) in [6.07, 6.45) is 0. The zero-order chi connectivity index (χ0) is 5.28. The van der Waals surface area contributed by atoms with Gasteiger partial charge in [0.25, 0.3) is 0 Å². The quantitative estimate of drug-likeness (QED) is 0.467. The first-order chi connectivity index (χ1) is 3.30. The van der Waals surface area contributed by atoms with E-state index in [0.717, 1.165) is 13.2 Å². The Balaban J connectivity index is 2.48. The van der Waals surface area contributed by atoms with Crippen molar-refractivity contribution in [1.82, 2.24) is 4.31 Å². The maximum absolute atomic E-state index is 4.92. The molecule has 0 unspecified atom stereocenters. The molecule has 0 aliphatic carbocycles. The van der Waals surface area contributed by atoms with E-state index in [1.807, 2.05) is 0 Å². The van der Waals surface area contributed by atoms with Crippen LogP contribution >= 0.6 is 12.8 Å². The van der Waals surface area contributed by atoms with Gasteiger partial charge in [-0.1, -0.05) is 12.8 Å². The molecule has 2 nitrogen and oxygen atoms in total. The average Bonchev–Trinajstić information content (AvgIpc) is 1.91. The fourth-order valence-corrected chi connectivity index (χ4v) is 0.589. The molecule has 0 atom stereocenters. The fraction of sp³-hybridized carbons (Fsp3) is 0.500. The van der Waals surface area contributed by atoms with Crippen molar-refractivity contribution in [3.05, 3.63) is 12.5 Å². The number of nitrogens with zero attached hydrogens (tertiary/aromatic N) is 1. The first kappa shape index (κ1) is 4.84. The molecule has 1 heterocycles. The monoisotopic (exact) mass is 117 g/mol. The molecule has 0 aromatic rings. The van der Waals surface area contributed by atoms with E-state index in [0.29, 0.717) is 5.88 Å². The van der Waals surface area contributed by atoms with Crippen molar-refractivity contribution in [1.29, 1.82) is 0 Å². The standard InChI is InChI=1S/C4H7NOS/c1-4-5(7)2-3-6-4/h7H,1-3H2. The highest BCUT2D eigenvalue weighted by atomic mass is 32.1. The van der Waals surface area contributed by atoms with E-state index < -0.39 is 0 Å². The van der Waals surface area contributed by atoms with E-state index in [9.17, 15) is 0 Å². The van der Waals surface area contributed by atoms with Crippen LogP contribution in [-0.2, 0) is 4.74 Å². The van der Waals surface area contributed by atoms with Gasteiger partial charge in [-0.3, -0.25) is 4.31 Å². The number of hydrogen-bond acceptors (Lipinski definition) is 3. The number of ether oxygens (including phenoxy) is 1. The molecule has 0 amide bonds. The molecule has 1 aliphatic heterocycles. The lowest BCUT2D eigenvalue weighted by Gasteiger charge is -2.03. The van der Waals surface area contributed by atoms with Gasteiger partial charge in [-0.2, -0.15) is 0 Å². The maximum Gasteiger partial charge on any atom is 0.191 e. The summed E-state index contributed by atoms with van der Waals surface area (Å²) in [4.78, 5) is 0. The second-order valence-electron chi connectivity index (χ2n) is 1.37. The summed E-state index contributed by atoms with van der Waals surface area (Å²) in [6, 6.07) is 0. The van der Waals surface area contributed by atoms with E-state index in [-0.39, 0.29) is 0 Å². The van der Waals surface area contributed by atoms with Gasteiger partial charge >= 0.3 is 0 Å². The van der Waals surface area contributed by atoms with E-state index in [2.05, 4.69) is 19.4 Å². The van der Waals surface area contributed by atoms with E-state index in [1.165, 1.54) is 0 Å². The lowest BCUT2D eigenvalue weighted by molar-refractivity contribution is 0.259. The largest absolute Gasteiger partial charge is 0.477 e. The minimum atomic E-state index is 0.656. The molecule has 7 heavy (non-hydrogen) atoms. The summed E-state index contributed by atoms with van der Waals surface area (Å²) in [5.74, 6) is 0.656. The molecule has 1 rings (SSSR count). The van der Waals surface area contributed by atoms with Gasteiger partial charge in [0.1, 0.15) is 6.61 Å². The van der Waals surface area contributed by atoms with Crippen molar-refractivity contribution in [2.45, 2.75) is 0 Å². The van der Waals surface area contributed by atoms with Crippen LogP contribution in [0.5, 0.6) is 0 Å². The number of rotatable bonds is 0. The molecule has 0 aromatic heterocycles. The third kappa shape index (κ3) is 0.825. The van der Waals surface area contributed by atoms with Crippen molar-refractivity contribution in [3.8, 4) is 0 Å². The van der Waals surface area contributed by atoms with Gasteiger partial charge in [-0.05, 0) is 6.58 Å². The first-order valence-electron chi connectivity index (χ1n) is 2.09. The fourth-order valence-electron chi connectivity index (χ4n) is 0.449. The van der Waals surface area contributed by atoms with Crippen LogP contribution in [0.1, 0.15) is 0 Å². The van der Waals surface area contributed by atoms with Crippen LogP contribution in [0.25, 0.3) is 0 Å². The lowest BCUT2D eigenvalue weighted by Crippen LogP contribution is -2.01. The Bertz CT molecular complexity index is 93.7. The highest BCUT2D eigenvalue weighted by molar-refractivity contribution is 7.77. The number of thiol groups is 1. The van der Waals surface area contributed by atoms with Gasteiger partial charge in [0, 0.05) is 0 Å². The molecule has 0 N–H and O–H groups in total. The Morgan fingerprint density at radius 1 is 1.86 bits per heavy atom. The van der Waals surface area contributed by atoms with Gasteiger partial charge < -0.3 is 4.74 Å². The summed E-state index contributed by atoms with van der Waals surface area (Å²) >= 11 is 4.00. The van der Waals surface area contributed by atoms with Crippen LogP contribution in [0.2, 0.25) is 0 Å². The van der Waals surface area contributed by atoms with Crippen LogP contribution in [0, 0.1) is 0 Å². The molecular formula is C4H7NOS. The topological polar surface area (TPSA) is 12.5 Å². The van der Waals surface area contributed by atoms with E-state index >= 15 is 0 Å². The Hall–Kier alpha value is -0.310. The smallest absolute Gasteiger partial charge is 0.191 e. The minimum absolute atomic E-state index is 0.656. The molecule has 0 spiro atoms. The van der Waals surface area contributed by atoms with Crippen LogP contribution in [-0.4, -0.2) is 17.5 Å². The highest BCUT2D eigenvalue weighted by Gasteiger charge is 2.10. The van der Waals surface area contributed by atoms with Crippen LogP contribution in [0.15, 0.2) is 12.5 Å². The van der Waals surface area contributed by atoms with E-state index in [1.54, 1.807) is 4.31 Å². The minimum Gasteiger partial charge on any atom is -0.477 e. The molecular weight excluding hydrogens is 110 g/mol. The average molecular weight is 117 g/mol. The van der Waals surface area contributed by atoms with Crippen molar-refractivity contribution in [3.63, 3.8) is 0 Å². The predicted molar refractivity (Wildman–Crippen MR) is 30.8 cm³/mol. The molecule has 3 heteroatoms. The van der Waals surface area contributed by atoms with E-state index in [4.69, 9.17) is 4.74 Å². The second-order valence-corrected chi connectivity index (χ2v) is 1.85. The predicted octanol–water partition coefficient (Wildman–Crippen LogP) is 0.635. The normalized spacial score (nSPS) is 20.1. The molecule has 0 radical (unpaired) electrons. The Labute approximate surface area is 48.3 Å². The Morgan fingerprint density at radius 3 is 2.71 bits per heavy atom. The highest BCUT2D eigenvalue weighted by Crippen LogP contribution is 2.12. The first-order valence-corrected chi connectivity index (χ1v) is 2.49. The molecule has 1 saturated heterocycles. The lowest BCUT2D eigenvalue weighted by atomic mass is 10.7. The summed E-state index contributed by atoms with van der Waals surface area (Å²) in [5.41, 5.74) is 0. The third-order valence-corrected chi connectivity index (χ3v) is 1.28. The number of hydrogen-bond donors (Lipinski definition) is 1. The molecule has 40 valence electrons. The second kappa shape index (κ2) is 1.66. The molecule has 0 bridgehead atoms. The van der Waals surface area contributed by atoms with Crippen molar-refractivity contribution < 1.29 is 4.74 Å². The summed E-state index contributed by atoms with van der Waals surface area (Å²) in [5, 5.41) is 0. The molecule has 0 saturated carbocycles. The van der Waals surface area contributed by atoms with Gasteiger partial charge in [0.05, 0.1) is 6.54 Å². The molecule has 1 fully saturated rings.